The molecular weight excluding hydrogens is 536 g/mol. The van der Waals surface area contributed by atoms with Crippen molar-refractivity contribution in [2.45, 2.75) is 11.7 Å². The van der Waals surface area contributed by atoms with Crippen LogP contribution in [-0.2, 0) is 15.4 Å². The van der Waals surface area contributed by atoms with Crippen LogP contribution in [0.5, 0.6) is 0 Å². The minimum absolute atomic E-state index is 0.174. The Morgan fingerprint density at radius 2 is 0.795 bits per heavy atom. The molecule has 0 atom stereocenters. The van der Waals surface area contributed by atoms with Crippen LogP contribution in [0.3, 0.4) is 0 Å². The highest BCUT2D eigenvalue weighted by molar-refractivity contribution is 6.30. The molecule has 0 spiro atoms. The van der Waals surface area contributed by atoms with E-state index in [9.17, 15) is 0 Å². The molecule has 10 rings (SSSR count). The first kappa shape index (κ1) is 25.2. The van der Waals surface area contributed by atoms with Crippen molar-refractivity contribution < 1.29 is 9.78 Å². The molecule has 0 amide bonds. The van der Waals surface area contributed by atoms with Gasteiger partial charge in [0.15, 0.2) is 5.60 Å². The molecule has 2 heterocycles. The molecule has 1 aliphatic carbocycles. The van der Waals surface area contributed by atoms with E-state index in [1.807, 2.05) is 0 Å². The SMILES string of the molecule is C1=CC2(c3c4ccccc4c(-c4ccccc4)c4c(-c5ccccc5)c5ccccc5c(-c5ccccc5)c34)C=CC1OO2. The van der Waals surface area contributed by atoms with Gasteiger partial charge in [-0.1, -0.05) is 140 Å². The monoisotopic (exact) mass is 564 g/mol. The molecule has 7 aromatic carbocycles. The first-order valence-corrected chi connectivity index (χ1v) is 15.2. The highest BCUT2D eigenvalue weighted by Crippen LogP contribution is 2.55. The zero-order valence-corrected chi connectivity index (χ0v) is 24.0. The Balaban J connectivity index is 1.65. The molecule has 0 saturated carbocycles. The maximum absolute atomic E-state index is 6.39. The molecular formula is C42H28O2. The molecule has 2 nitrogen and oxygen atoms in total. The quantitative estimate of drug-likeness (QED) is 0.120. The summed E-state index contributed by atoms with van der Waals surface area (Å²) in [5, 5.41) is 7.13. The van der Waals surface area contributed by atoms with Crippen LogP contribution >= 0.6 is 0 Å². The molecule has 0 fully saturated rings. The second-order valence-corrected chi connectivity index (χ2v) is 11.6. The van der Waals surface area contributed by atoms with Gasteiger partial charge < -0.3 is 0 Å². The number of hydrogen-bond acceptors (Lipinski definition) is 2. The normalized spacial score (nSPS) is 18.9. The fourth-order valence-electron chi connectivity index (χ4n) is 7.31. The highest BCUT2D eigenvalue weighted by atomic mass is 17.2. The van der Waals surface area contributed by atoms with Gasteiger partial charge in [0.25, 0.3) is 0 Å². The van der Waals surface area contributed by atoms with Crippen LogP contribution in [-0.4, -0.2) is 6.10 Å². The summed E-state index contributed by atoms with van der Waals surface area (Å²) in [5.41, 5.74) is 7.37. The average Bonchev–Trinajstić information content (AvgIpc) is 3.11. The van der Waals surface area contributed by atoms with Gasteiger partial charge in [-0.2, -0.15) is 0 Å². The maximum Gasteiger partial charge on any atom is 0.166 e. The van der Waals surface area contributed by atoms with Crippen LogP contribution < -0.4 is 0 Å². The van der Waals surface area contributed by atoms with Gasteiger partial charge in [-0.05, 0) is 90.0 Å². The largest absolute Gasteiger partial charge is 0.223 e. The Morgan fingerprint density at radius 1 is 0.409 bits per heavy atom. The molecule has 0 saturated heterocycles. The smallest absolute Gasteiger partial charge is 0.166 e. The fraction of sp³-hybridized carbons (Fsp3) is 0.0476. The average molecular weight is 565 g/mol. The first-order valence-electron chi connectivity index (χ1n) is 15.2. The van der Waals surface area contributed by atoms with E-state index in [0.29, 0.717) is 0 Å². The third-order valence-electron chi connectivity index (χ3n) is 9.12. The number of hydrogen-bond donors (Lipinski definition) is 0. The lowest BCUT2D eigenvalue weighted by molar-refractivity contribution is -0.364. The standard InChI is InChI=1S/C42H28O2/c1-4-14-28(15-5-1)36-32-20-10-11-21-33(32)38(30-18-8-3-9-19-30)40-39(36)37(29-16-6-2-7-17-29)34-22-12-13-23-35(34)41(40)42-26-24-31(25-27-42)43-44-42/h1-27,31H. The van der Waals surface area contributed by atoms with Gasteiger partial charge in [0, 0.05) is 5.56 Å². The summed E-state index contributed by atoms with van der Waals surface area (Å²) >= 11 is 0. The Kier molecular flexibility index (Phi) is 5.67. The van der Waals surface area contributed by atoms with E-state index in [1.165, 1.54) is 60.3 Å². The Bertz CT molecular complexity index is 2210. The van der Waals surface area contributed by atoms with Crippen molar-refractivity contribution in [1.82, 2.24) is 0 Å². The summed E-state index contributed by atoms with van der Waals surface area (Å²) in [7, 11) is 0. The zero-order chi connectivity index (χ0) is 29.1. The van der Waals surface area contributed by atoms with Crippen LogP contribution in [0.15, 0.2) is 164 Å². The Morgan fingerprint density at radius 3 is 1.23 bits per heavy atom. The van der Waals surface area contributed by atoms with Crippen molar-refractivity contribution in [3.05, 3.63) is 169 Å². The van der Waals surface area contributed by atoms with Gasteiger partial charge in [0.2, 0.25) is 0 Å². The summed E-state index contributed by atoms with van der Waals surface area (Å²) in [6, 6.07) is 50.1. The number of benzene rings is 7. The molecule has 2 aliphatic heterocycles. The summed E-state index contributed by atoms with van der Waals surface area (Å²) in [6.07, 6.45) is 8.40. The molecule has 3 aliphatic rings. The first-order chi connectivity index (χ1) is 21.8. The molecule has 7 aromatic rings. The number of fused-ring (bicyclic) bond motifs is 4. The van der Waals surface area contributed by atoms with Gasteiger partial charge >= 0.3 is 0 Å². The maximum atomic E-state index is 6.39. The summed E-state index contributed by atoms with van der Waals surface area (Å²) < 4.78 is 0. The topological polar surface area (TPSA) is 18.5 Å². The Hall–Kier alpha value is -5.28. The predicted molar refractivity (Wildman–Crippen MR) is 181 cm³/mol. The molecule has 208 valence electrons. The van der Waals surface area contributed by atoms with Crippen LogP contribution in [0, 0.1) is 0 Å². The van der Waals surface area contributed by atoms with Crippen molar-refractivity contribution in [1.29, 1.82) is 0 Å². The molecule has 2 bridgehead atoms. The fourth-order valence-corrected chi connectivity index (χ4v) is 7.31. The van der Waals surface area contributed by atoms with E-state index in [4.69, 9.17) is 9.78 Å². The zero-order valence-electron chi connectivity index (χ0n) is 24.0. The molecule has 0 N–H and O–H groups in total. The van der Waals surface area contributed by atoms with Crippen molar-refractivity contribution in [3.8, 4) is 33.4 Å². The van der Waals surface area contributed by atoms with Gasteiger partial charge in [-0.3, -0.25) is 0 Å². The van der Waals surface area contributed by atoms with Gasteiger partial charge in [-0.15, -0.1) is 0 Å². The van der Waals surface area contributed by atoms with Crippen LogP contribution in [0.1, 0.15) is 5.56 Å². The molecule has 0 radical (unpaired) electrons. The van der Waals surface area contributed by atoms with Crippen molar-refractivity contribution in [2.75, 3.05) is 0 Å². The van der Waals surface area contributed by atoms with Crippen LogP contribution in [0.2, 0.25) is 0 Å². The van der Waals surface area contributed by atoms with E-state index in [0.717, 1.165) is 10.9 Å². The minimum atomic E-state index is -0.887. The second-order valence-electron chi connectivity index (χ2n) is 11.6. The van der Waals surface area contributed by atoms with Crippen molar-refractivity contribution in [2.24, 2.45) is 0 Å². The third-order valence-corrected chi connectivity index (χ3v) is 9.12. The van der Waals surface area contributed by atoms with Gasteiger partial charge in [0.05, 0.1) is 0 Å². The predicted octanol–water partition coefficient (Wildman–Crippen LogP) is 10.8. The van der Waals surface area contributed by atoms with E-state index in [1.54, 1.807) is 0 Å². The van der Waals surface area contributed by atoms with Gasteiger partial charge in [0.1, 0.15) is 6.10 Å². The Labute approximate surface area is 256 Å². The van der Waals surface area contributed by atoms with Crippen LogP contribution in [0.25, 0.3) is 65.7 Å². The number of rotatable bonds is 4. The minimum Gasteiger partial charge on any atom is -0.223 e. The van der Waals surface area contributed by atoms with Crippen LogP contribution in [0.4, 0.5) is 0 Å². The van der Waals surface area contributed by atoms with Crippen molar-refractivity contribution in [3.63, 3.8) is 0 Å². The highest BCUT2D eigenvalue weighted by Gasteiger charge is 2.41. The molecule has 0 aromatic heterocycles. The lowest BCUT2D eigenvalue weighted by atomic mass is 9.74. The van der Waals surface area contributed by atoms with E-state index in [-0.39, 0.29) is 6.10 Å². The summed E-state index contributed by atoms with van der Waals surface area (Å²) in [5.74, 6) is 0. The van der Waals surface area contributed by atoms with E-state index >= 15 is 0 Å². The van der Waals surface area contributed by atoms with E-state index in [2.05, 4.69) is 164 Å². The lowest BCUT2D eigenvalue weighted by Crippen LogP contribution is -2.36. The molecule has 0 unspecified atom stereocenters. The molecule has 44 heavy (non-hydrogen) atoms. The summed E-state index contributed by atoms with van der Waals surface area (Å²) in [6.45, 7) is 0. The molecule has 2 heteroatoms. The van der Waals surface area contributed by atoms with Crippen molar-refractivity contribution >= 4 is 32.3 Å². The lowest BCUT2D eigenvalue weighted by Gasteiger charge is -2.38. The van der Waals surface area contributed by atoms with E-state index < -0.39 is 5.60 Å². The third kappa shape index (κ3) is 3.69. The summed E-state index contributed by atoms with van der Waals surface area (Å²) in [4.78, 5) is 12.3. The van der Waals surface area contributed by atoms with Gasteiger partial charge in [-0.25, -0.2) is 9.78 Å². The second kappa shape index (κ2) is 9.89.